The van der Waals surface area contributed by atoms with Gasteiger partial charge in [0.1, 0.15) is 10.6 Å². The van der Waals surface area contributed by atoms with Gasteiger partial charge in [-0.05, 0) is 60.5 Å². The van der Waals surface area contributed by atoms with Gasteiger partial charge in [-0.3, -0.25) is 0 Å². The van der Waals surface area contributed by atoms with Gasteiger partial charge in [0.2, 0.25) is 0 Å². The number of carbonyl (C=O) groups is 1. The van der Waals surface area contributed by atoms with Gasteiger partial charge in [-0.2, -0.15) is 5.26 Å². The molecule has 0 unspecified atom stereocenters. The predicted octanol–water partition coefficient (Wildman–Crippen LogP) is 5.83. The normalized spacial score (nSPS) is 10.3. The van der Waals surface area contributed by atoms with Gasteiger partial charge in [-0.25, -0.2) is 4.79 Å². The largest absolute Gasteiger partial charge is 0.493 e. The highest BCUT2D eigenvalue weighted by molar-refractivity contribution is 7.99. The van der Waals surface area contributed by atoms with Crippen molar-refractivity contribution in [2.75, 3.05) is 19.0 Å². The van der Waals surface area contributed by atoms with Crippen LogP contribution in [0.4, 0.5) is 0 Å². The second kappa shape index (κ2) is 10.7. The first-order valence-corrected chi connectivity index (χ1v) is 11.1. The maximum atomic E-state index is 12.1. The number of nitrogens with zero attached hydrogens (tertiary/aromatic N) is 1. The summed E-state index contributed by atoms with van der Waals surface area (Å²) in [4.78, 5) is 14.8. The van der Waals surface area contributed by atoms with E-state index in [4.69, 9.17) is 14.7 Å². The van der Waals surface area contributed by atoms with Gasteiger partial charge >= 0.3 is 5.97 Å². The molecule has 0 spiro atoms. The molecule has 1 aromatic heterocycles. The summed E-state index contributed by atoms with van der Waals surface area (Å²) in [7, 11) is 0. The minimum absolute atomic E-state index is 0.185. The molecular formula is C23H21NO3S2. The van der Waals surface area contributed by atoms with Crippen LogP contribution in [-0.2, 0) is 11.2 Å². The van der Waals surface area contributed by atoms with E-state index in [2.05, 4.69) is 18.2 Å². The van der Waals surface area contributed by atoms with E-state index in [1.807, 2.05) is 48.5 Å². The van der Waals surface area contributed by atoms with Gasteiger partial charge in [0.15, 0.2) is 0 Å². The predicted molar refractivity (Wildman–Crippen MR) is 118 cm³/mol. The molecule has 0 atom stereocenters. The topological polar surface area (TPSA) is 59.3 Å². The van der Waals surface area contributed by atoms with Crippen LogP contribution in [-0.4, -0.2) is 24.9 Å². The smallest absolute Gasteiger partial charge is 0.348 e. The molecule has 0 radical (unpaired) electrons. The molecule has 0 aliphatic carbocycles. The highest BCUT2D eigenvalue weighted by Gasteiger charge is 2.18. The molecule has 0 saturated carbocycles. The summed E-state index contributed by atoms with van der Waals surface area (Å²) in [5.41, 5.74) is 1.69. The van der Waals surface area contributed by atoms with Crippen LogP contribution in [0.3, 0.4) is 0 Å². The van der Waals surface area contributed by atoms with Crippen LogP contribution in [0.5, 0.6) is 5.75 Å². The lowest BCUT2D eigenvalue weighted by atomic mass is 10.1. The molecule has 3 aromatic rings. The van der Waals surface area contributed by atoms with Crippen LogP contribution < -0.4 is 4.74 Å². The SMILES string of the molecule is CCOC(=O)c1sc(-c2ccc(OCCSc3ccccc3)cc2)cc1CC#N. The maximum absolute atomic E-state index is 12.1. The van der Waals surface area contributed by atoms with Crippen molar-refractivity contribution in [2.45, 2.75) is 18.2 Å². The van der Waals surface area contributed by atoms with Crippen LogP contribution in [0.15, 0.2) is 65.6 Å². The highest BCUT2D eigenvalue weighted by Crippen LogP contribution is 2.33. The Morgan fingerprint density at radius 1 is 1.14 bits per heavy atom. The fraction of sp³-hybridized carbons (Fsp3) is 0.217. The third kappa shape index (κ3) is 5.86. The Morgan fingerprint density at radius 2 is 1.90 bits per heavy atom. The van der Waals surface area contributed by atoms with E-state index in [1.54, 1.807) is 18.7 Å². The monoisotopic (exact) mass is 423 g/mol. The van der Waals surface area contributed by atoms with Crippen molar-refractivity contribution >= 4 is 29.1 Å². The fourth-order valence-corrected chi connectivity index (χ4v) is 4.54. The molecular weight excluding hydrogens is 402 g/mol. The van der Waals surface area contributed by atoms with E-state index in [1.165, 1.54) is 16.2 Å². The Kier molecular flexibility index (Phi) is 7.74. The number of nitriles is 1. The van der Waals surface area contributed by atoms with Crippen molar-refractivity contribution in [1.29, 1.82) is 5.26 Å². The Labute approximate surface area is 179 Å². The van der Waals surface area contributed by atoms with E-state index < -0.39 is 0 Å². The molecule has 29 heavy (non-hydrogen) atoms. The van der Waals surface area contributed by atoms with Crippen molar-refractivity contribution in [3.8, 4) is 22.3 Å². The zero-order valence-electron chi connectivity index (χ0n) is 16.1. The third-order valence-corrected chi connectivity index (χ3v) is 6.22. The zero-order valence-corrected chi connectivity index (χ0v) is 17.7. The number of hydrogen-bond acceptors (Lipinski definition) is 6. The molecule has 0 amide bonds. The van der Waals surface area contributed by atoms with Gasteiger partial charge in [-0.1, -0.05) is 18.2 Å². The zero-order chi connectivity index (χ0) is 20.5. The first kappa shape index (κ1) is 21.0. The summed E-state index contributed by atoms with van der Waals surface area (Å²) < 4.78 is 10.9. The first-order valence-electron chi connectivity index (χ1n) is 9.29. The number of thioether (sulfide) groups is 1. The Hall–Kier alpha value is -2.75. The average Bonchev–Trinajstić information content (AvgIpc) is 3.17. The van der Waals surface area contributed by atoms with Crippen molar-refractivity contribution in [1.82, 2.24) is 0 Å². The Balaban J connectivity index is 1.61. The lowest BCUT2D eigenvalue weighted by molar-refractivity contribution is 0.0531. The van der Waals surface area contributed by atoms with Crippen molar-refractivity contribution in [3.63, 3.8) is 0 Å². The van der Waals surface area contributed by atoms with Gasteiger partial charge in [0, 0.05) is 15.5 Å². The molecule has 4 nitrogen and oxygen atoms in total. The Morgan fingerprint density at radius 3 is 2.59 bits per heavy atom. The van der Waals surface area contributed by atoms with Gasteiger partial charge in [-0.15, -0.1) is 23.1 Å². The van der Waals surface area contributed by atoms with Gasteiger partial charge in [0.05, 0.1) is 25.7 Å². The number of thiophene rings is 1. The van der Waals surface area contributed by atoms with E-state index in [0.29, 0.717) is 23.7 Å². The summed E-state index contributed by atoms with van der Waals surface area (Å²) in [6, 6.07) is 22.0. The highest BCUT2D eigenvalue weighted by atomic mass is 32.2. The molecule has 148 valence electrons. The molecule has 6 heteroatoms. The molecule has 0 aliphatic rings. The van der Waals surface area contributed by atoms with E-state index in [-0.39, 0.29) is 12.4 Å². The second-order valence-electron chi connectivity index (χ2n) is 6.05. The van der Waals surface area contributed by atoms with E-state index in [9.17, 15) is 4.79 Å². The molecule has 0 bridgehead atoms. The summed E-state index contributed by atoms with van der Waals surface area (Å²) in [5.74, 6) is 1.31. The van der Waals surface area contributed by atoms with Crippen LogP contribution in [0.2, 0.25) is 0 Å². The first-order chi connectivity index (χ1) is 14.2. The molecule has 2 aromatic carbocycles. The number of ether oxygens (including phenoxy) is 2. The maximum Gasteiger partial charge on any atom is 0.348 e. The van der Waals surface area contributed by atoms with Crippen molar-refractivity contribution in [3.05, 3.63) is 71.1 Å². The molecule has 0 N–H and O–H groups in total. The number of benzene rings is 2. The van der Waals surface area contributed by atoms with Crippen LogP contribution in [0.25, 0.3) is 10.4 Å². The van der Waals surface area contributed by atoms with E-state index in [0.717, 1.165) is 21.9 Å². The molecule has 0 saturated heterocycles. The third-order valence-electron chi connectivity index (χ3n) is 4.04. The second-order valence-corrected chi connectivity index (χ2v) is 8.28. The van der Waals surface area contributed by atoms with E-state index >= 15 is 0 Å². The van der Waals surface area contributed by atoms with Crippen molar-refractivity contribution < 1.29 is 14.3 Å². The standard InChI is InChI=1S/C23H21NO3S2/c1-2-26-23(25)22-18(12-13-24)16-21(29-22)17-8-10-19(11-9-17)27-14-15-28-20-6-4-3-5-7-20/h3-11,16H,2,12,14-15H2,1H3. The number of carbonyl (C=O) groups excluding carboxylic acids is 1. The lowest BCUT2D eigenvalue weighted by Crippen LogP contribution is -2.04. The van der Waals surface area contributed by atoms with Gasteiger partial charge < -0.3 is 9.47 Å². The van der Waals surface area contributed by atoms with Crippen LogP contribution in [0, 0.1) is 11.3 Å². The molecule has 3 rings (SSSR count). The van der Waals surface area contributed by atoms with Crippen molar-refractivity contribution in [2.24, 2.45) is 0 Å². The number of esters is 1. The summed E-state index contributed by atoms with van der Waals surface area (Å²) in [6.07, 6.45) is 0.185. The lowest BCUT2D eigenvalue weighted by Gasteiger charge is -2.07. The molecule has 0 aliphatic heterocycles. The minimum atomic E-state index is -0.370. The summed E-state index contributed by atoms with van der Waals surface area (Å²) >= 11 is 3.12. The van der Waals surface area contributed by atoms with Gasteiger partial charge in [0.25, 0.3) is 0 Å². The summed E-state index contributed by atoms with van der Waals surface area (Å²) in [5, 5.41) is 9.03. The van der Waals surface area contributed by atoms with Crippen LogP contribution >= 0.6 is 23.1 Å². The average molecular weight is 424 g/mol. The molecule has 0 fully saturated rings. The molecule has 1 heterocycles. The minimum Gasteiger partial charge on any atom is -0.493 e. The Bertz CT molecular complexity index is 976. The van der Waals surface area contributed by atoms with Crippen LogP contribution in [0.1, 0.15) is 22.2 Å². The fourth-order valence-electron chi connectivity index (χ4n) is 2.71. The summed E-state index contributed by atoms with van der Waals surface area (Å²) in [6.45, 7) is 2.71. The number of rotatable bonds is 9. The number of hydrogen-bond donors (Lipinski definition) is 0. The quantitative estimate of drug-likeness (QED) is 0.246.